The first-order chi connectivity index (χ1) is 13.9. The molecule has 4 rings (SSSR count). The molecule has 0 atom stereocenters. The van der Waals surface area contributed by atoms with Crippen LogP contribution < -0.4 is 11.4 Å². The molecule has 1 aliphatic rings. The topological polar surface area (TPSA) is 73.3 Å². The maximum Gasteiger partial charge on any atom is 0.340 e. The number of fused-ring (bicyclic) bond motifs is 1. The Labute approximate surface area is 169 Å². The van der Waals surface area contributed by atoms with Crippen molar-refractivity contribution < 1.29 is 9.21 Å². The van der Waals surface area contributed by atoms with Crippen molar-refractivity contribution in [1.82, 2.24) is 0 Å². The molecule has 4 heteroatoms. The van der Waals surface area contributed by atoms with Crippen LogP contribution in [-0.4, -0.2) is 5.78 Å². The fraction of sp³-hybridized carbons (Fsp3) is 0.200. The van der Waals surface area contributed by atoms with Crippen LogP contribution in [0.1, 0.15) is 42.0 Å². The highest BCUT2D eigenvalue weighted by molar-refractivity contribution is 5.95. The standard InChI is InChI=1S/C25H23NO3/c1-15-22-11-10-20(19-8-6-18(7-9-19)16(2)27)14-24(22)29-25(28)23(15)13-17-4-3-5-21(26)12-17/h3-6,8,10-12,14H,7,9,13,26H2,1-2H3. The molecule has 0 spiro atoms. The number of aryl methyl sites for hydroxylation is 1. The smallest absolute Gasteiger partial charge is 0.340 e. The lowest BCUT2D eigenvalue weighted by Gasteiger charge is -2.14. The predicted molar refractivity (Wildman–Crippen MR) is 117 cm³/mol. The Morgan fingerprint density at radius 3 is 2.62 bits per heavy atom. The first-order valence-corrected chi connectivity index (χ1v) is 9.74. The van der Waals surface area contributed by atoms with Crippen molar-refractivity contribution in [2.45, 2.75) is 33.1 Å². The molecular weight excluding hydrogens is 362 g/mol. The monoisotopic (exact) mass is 385 g/mol. The zero-order valence-electron chi connectivity index (χ0n) is 16.6. The van der Waals surface area contributed by atoms with Crippen LogP contribution in [0.5, 0.6) is 0 Å². The third kappa shape index (κ3) is 3.79. The van der Waals surface area contributed by atoms with Crippen LogP contribution >= 0.6 is 0 Å². The van der Waals surface area contributed by atoms with Gasteiger partial charge < -0.3 is 10.2 Å². The average molecular weight is 385 g/mol. The zero-order valence-corrected chi connectivity index (χ0v) is 16.6. The number of Topliss-reactive ketones (excluding diaryl/α,β-unsaturated/α-hetero) is 1. The van der Waals surface area contributed by atoms with Crippen LogP contribution in [0.3, 0.4) is 0 Å². The fourth-order valence-corrected chi connectivity index (χ4v) is 3.88. The van der Waals surface area contributed by atoms with E-state index in [1.165, 1.54) is 0 Å². The van der Waals surface area contributed by atoms with Crippen molar-refractivity contribution >= 4 is 28.0 Å². The molecule has 2 aromatic carbocycles. The van der Waals surface area contributed by atoms with Crippen molar-refractivity contribution in [3.63, 3.8) is 0 Å². The van der Waals surface area contributed by atoms with E-state index >= 15 is 0 Å². The van der Waals surface area contributed by atoms with Crippen molar-refractivity contribution in [2.75, 3.05) is 5.73 Å². The maximum absolute atomic E-state index is 12.7. The molecule has 0 aliphatic heterocycles. The second kappa shape index (κ2) is 7.55. The molecule has 0 bridgehead atoms. The Morgan fingerprint density at radius 2 is 1.93 bits per heavy atom. The van der Waals surface area contributed by atoms with E-state index in [9.17, 15) is 9.59 Å². The number of benzene rings is 2. The highest BCUT2D eigenvalue weighted by Crippen LogP contribution is 2.30. The molecule has 1 heterocycles. The highest BCUT2D eigenvalue weighted by Gasteiger charge is 2.15. The second-order valence-corrected chi connectivity index (χ2v) is 7.57. The summed E-state index contributed by atoms with van der Waals surface area (Å²) in [6.07, 6.45) is 5.90. The molecule has 4 nitrogen and oxygen atoms in total. The molecule has 0 fully saturated rings. The molecule has 29 heavy (non-hydrogen) atoms. The van der Waals surface area contributed by atoms with Crippen molar-refractivity contribution in [3.8, 4) is 0 Å². The summed E-state index contributed by atoms with van der Waals surface area (Å²) in [6, 6.07) is 13.5. The fourth-order valence-electron chi connectivity index (χ4n) is 3.88. The van der Waals surface area contributed by atoms with E-state index in [4.69, 9.17) is 10.2 Å². The number of hydrogen-bond donors (Lipinski definition) is 1. The molecule has 0 radical (unpaired) electrons. The zero-order chi connectivity index (χ0) is 20.5. The predicted octanol–water partition coefficient (Wildman–Crippen LogP) is 4.97. The normalized spacial score (nSPS) is 13.9. The summed E-state index contributed by atoms with van der Waals surface area (Å²) >= 11 is 0. The van der Waals surface area contributed by atoms with E-state index < -0.39 is 0 Å². The number of carbonyl (C=O) groups excluding carboxylic acids is 1. The largest absolute Gasteiger partial charge is 0.422 e. The first-order valence-electron chi connectivity index (χ1n) is 9.74. The van der Waals surface area contributed by atoms with E-state index in [2.05, 4.69) is 6.07 Å². The molecule has 146 valence electrons. The minimum Gasteiger partial charge on any atom is -0.422 e. The molecule has 0 unspecified atom stereocenters. The first kappa shape index (κ1) is 18.9. The lowest BCUT2D eigenvalue weighted by atomic mass is 9.91. The molecule has 0 saturated heterocycles. The lowest BCUT2D eigenvalue weighted by Crippen LogP contribution is -2.11. The van der Waals surface area contributed by atoms with Crippen molar-refractivity contribution in [1.29, 1.82) is 0 Å². The minimum absolute atomic E-state index is 0.119. The Morgan fingerprint density at radius 1 is 1.10 bits per heavy atom. The van der Waals surface area contributed by atoms with Gasteiger partial charge in [0.05, 0.1) is 0 Å². The number of allylic oxidation sites excluding steroid dienone is 4. The Kier molecular flexibility index (Phi) is 4.93. The van der Waals surface area contributed by atoms with Gasteiger partial charge in [-0.25, -0.2) is 4.79 Å². The van der Waals surface area contributed by atoms with Gasteiger partial charge in [-0.15, -0.1) is 0 Å². The van der Waals surface area contributed by atoms with E-state index in [1.54, 1.807) is 6.92 Å². The average Bonchev–Trinajstić information content (AvgIpc) is 2.71. The third-order valence-corrected chi connectivity index (χ3v) is 5.59. The van der Waals surface area contributed by atoms with Gasteiger partial charge in [0, 0.05) is 23.1 Å². The number of hydrogen-bond acceptors (Lipinski definition) is 4. The summed E-state index contributed by atoms with van der Waals surface area (Å²) in [5.74, 6) is 0.119. The molecule has 1 aromatic heterocycles. The summed E-state index contributed by atoms with van der Waals surface area (Å²) in [6.45, 7) is 3.56. The van der Waals surface area contributed by atoms with Crippen molar-refractivity contribution in [2.24, 2.45) is 0 Å². The highest BCUT2D eigenvalue weighted by atomic mass is 16.4. The van der Waals surface area contributed by atoms with Gasteiger partial charge >= 0.3 is 5.63 Å². The summed E-state index contributed by atoms with van der Waals surface area (Å²) in [4.78, 5) is 24.2. The number of ketones is 1. The number of nitrogen functional groups attached to an aromatic ring is 1. The van der Waals surface area contributed by atoms with Crippen LogP contribution in [0.15, 0.2) is 69.4 Å². The van der Waals surface area contributed by atoms with Gasteiger partial charge in [0.25, 0.3) is 0 Å². The number of rotatable bonds is 4. The molecule has 0 amide bonds. The van der Waals surface area contributed by atoms with Crippen LogP contribution in [-0.2, 0) is 11.2 Å². The van der Waals surface area contributed by atoms with Gasteiger partial charge in [-0.05, 0) is 72.7 Å². The van der Waals surface area contributed by atoms with Gasteiger partial charge in [-0.2, -0.15) is 0 Å². The molecule has 2 N–H and O–H groups in total. The van der Waals surface area contributed by atoms with Gasteiger partial charge in [-0.1, -0.05) is 36.4 Å². The van der Waals surface area contributed by atoms with E-state index in [1.807, 2.05) is 55.5 Å². The molecule has 0 saturated carbocycles. The third-order valence-electron chi connectivity index (χ3n) is 5.59. The Balaban J connectivity index is 1.73. The molecule has 1 aliphatic carbocycles. The van der Waals surface area contributed by atoms with Crippen LogP contribution in [0.4, 0.5) is 5.69 Å². The van der Waals surface area contributed by atoms with Gasteiger partial charge in [-0.3, -0.25) is 4.79 Å². The maximum atomic E-state index is 12.7. The van der Waals surface area contributed by atoms with Gasteiger partial charge in [0.2, 0.25) is 0 Å². The van der Waals surface area contributed by atoms with Crippen LogP contribution in [0.2, 0.25) is 0 Å². The van der Waals surface area contributed by atoms with Crippen LogP contribution in [0.25, 0.3) is 16.5 Å². The molecule has 3 aromatic rings. The summed E-state index contributed by atoms with van der Waals surface area (Å²) in [5.41, 5.74) is 12.4. The molecular formula is C25H23NO3. The van der Waals surface area contributed by atoms with E-state index in [0.29, 0.717) is 23.3 Å². The minimum atomic E-state index is -0.314. The van der Waals surface area contributed by atoms with Gasteiger partial charge in [0.15, 0.2) is 5.78 Å². The number of carbonyl (C=O) groups is 1. The number of nitrogens with two attached hydrogens (primary N) is 1. The SMILES string of the molecule is CC(=O)C1=CC=C(c2ccc3c(C)c(Cc4cccc(N)c4)c(=O)oc3c2)CC1. The quantitative estimate of drug-likeness (QED) is 0.508. The Bertz CT molecular complexity index is 1240. The lowest BCUT2D eigenvalue weighted by molar-refractivity contribution is -0.113. The van der Waals surface area contributed by atoms with E-state index in [0.717, 1.165) is 46.1 Å². The second-order valence-electron chi connectivity index (χ2n) is 7.57. The van der Waals surface area contributed by atoms with Crippen LogP contribution in [0, 0.1) is 6.92 Å². The van der Waals surface area contributed by atoms with Crippen molar-refractivity contribution in [3.05, 3.63) is 92.9 Å². The summed E-state index contributed by atoms with van der Waals surface area (Å²) in [7, 11) is 0. The summed E-state index contributed by atoms with van der Waals surface area (Å²) in [5, 5.41) is 0.934. The Hall–Kier alpha value is -3.40. The van der Waals surface area contributed by atoms with Gasteiger partial charge in [0.1, 0.15) is 5.58 Å². The summed E-state index contributed by atoms with van der Waals surface area (Å²) < 4.78 is 5.68. The van der Waals surface area contributed by atoms with E-state index in [-0.39, 0.29) is 11.4 Å². The number of anilines is 1.